The van der Waals surface area contributed by atoms with Gasteiger partial charge >= 0.3 is 0 Å². The van der Waals surface area contributed by atoms with Gasteiger partial charge in [-0.25, -0.2) is 4.98 Å². The van der Waals surface area contributed by atoms with E-state index in [-0.39, 0.29) is 17.2 Å². The highest BCUT2D eigenvalue weighted by Crippen LogP contribution is 2.31. The molecule has 2 aromatic rings. The number of nitro groups is 1. The van der Waals surface area contributed by atoms with Crippen molar-refractivity contribution >= 4 is 11.6 Å². The second kappa shape index (κ2) is 6.92. The van der Waals surface area contributed by atoms with Gasteiger partial charge in [-0.2, -0.15) is 0 Å². The number of carbonyl (C=O) groups is 1. The van der Waals surface area contributed by atoms with Crippen molar-refractivity contribution in [1.82, 2.24) is 14.5 Å². The minimum atomic E-state index is -0.486. The number of piperidine rings is 1. The van der Waals surface area contributed by atoms with E-state index in [9.17, 15) is 14.9 Å². The highest BCUT2D eigenvalue weighted by molar-refractivity contribution is 5.95. The van der Waals surface area contributed by atoms with Gasteiger partial charge < -0.3 is 14.2 Å². The number of hydrogen-bond donors (Lipinski definition) is 0. The maximum atomic E-state index is 12.8. The van der Waals surface area contributed by atoms with Gasteiger partial charge in [-0.1, -0.05) is 0 Å². The molecule has 0 unspecified atom stereocenters. The number of imidazole rings is 1. The summed E-state index contributed by atoms with van der Waals surface area (Å²) in [5, 5.41) is 11.2. The molecule has 2 heterocycles. The van der Waals surface area contributed by atoms with Crippen LogP contribution in [0.15, 0.2) is 30.9 Å². The van der Waals surface area contributed by atoms with Crippen LogP contribution >= 0.6 is 0 Å². The molecule has 0 aliphatic carbocycles. The number of amides is 1. The summed E-state index contributed by atoms with van der Waals surface area (Å²) >= 11 is 0. The first-order chi connectivity index (χ1) is 12.0. The van der Waals surface area contributed by atoms with E-state index in [0.717, 1.165) is 12.8 Å². The lowest BCUT2D eigenvalue weighted by atomic mass is 10.0. The van der Waals surface area contributed by atoms with E-state index in [0.29, 0.717) is 30.4 Å². The molecule has 132 valence electrons. The van der Waals surface area contributed by atoms with Crippen molar-refractivity contribution in [1.29, 1.82) is 0 Å². The van der Waals surface area contributed by atoms with Gasteiger partial charge in [0.2, 0.25) is 0 Å². The maximum Gasteiger partial charge on any atom is 0.276 e. The van der Waals surface area contributed by atoms with Crippen LogP contribution in [0.4, 0.5) is 5.69 Å². The first-order valence-electron chi connectivity index (χ1n) is 8.11. The molecular weight excluding hydrogens is 324 g/mol. The Morgan fingerprint density at radius 2 is 2.08 bits per heavy atom. The third-order valence-electron chi connectivity index (χ3n) is 4.69. The molecule has 1 aromatic carbocycles. The fourth-order valence-electron chi connectivity index (χ4n) is 3.23. The van der Waals surface area contributed by atoms with E-state index < -0.39 is 4.92 Å². The monoisotopic (exact) mass is 344 g/mol. The Hall–Kier alpha value is -2.90. The molecule has 0 bridgehead atoms. The highest BCUT2D eigenvalue weighted by Gasteiger charge is 2.27. The van der Waals surface area contributed by atoms with Crippen LogP contribution in [0.3, 0.4) is 0 Å². The molecule has 0 N–H and O–H groups in total. The van der Waals surface area contributed by atoms with Gasteiger partial charge in [-0.3, -0.25) is 14.9 Å². The van der Waals surface area contributed by atoms with Crippen molar-refractivity contribution in [2.24, 2.45) is 0 Å². The maximum absolute atomic E-state index is 12.8. The average Bonchev–Trinajstić information content (AvgIpc) is 3.16. The third kappa shape index (κ3) is 3.33. The second-order valence-electron chi connectivity index (χ2n) is 6.11. The van der Waals surface area contributed by atoms with Crippen LogP contribution in [-0.2, 0) is 0 Å². The lowest BCUT2D eigenvalue weighted by Gasteiger charge is -2.32. The van der Waals surface area contributed by atoms with Crippen molar-refractivity contribution in [3.8, 4) is 5.75 Å². The molecule has 1 amide bonds. The Bertz CT molecular complexity index is 780. The fourth-order valence-corrected chi connectivity index (χ4v) is 3.23. The fraction of sp³-hybridized carbons (Fsp3) is 0.412. The van der Waals surface area contributed by atoms with Crippen LogP contribution in [0.2, 0.25) is 0 Å². The molecule has 0 radical (unpaired) electrons. The van der Waals surface area contributed by atoms with Crippen LogP contribution in [-0.4, -0.2) is 45.5 Å². The zero-order valence-corrected chi connectivity index (χ0v) is 14.2. The van der Waals surface area contributed by atoms with Gasteiger partial charge in [0.15, 0.2) is 0 Å². The number of likely N-dealkylation sites (tertiary alicyclic amines) is 1. The summed E-state index contributed by atoms with van der Waals surface area (Å²) in [6, 6.07) is 3.24. The number of ether oxygens (including phenoxy) is 1. The molecule has 1 aliphatic heterocycles. The van der Waals surface area contributed by atoms with E-state index in [1.165, 1.54) is 13.2 Å². The number of methoxy groups -OCH3 is 1. The topological polar surface area (TPSA) is 90.5 Å². The van der Waals surface area contributed by atoms with E-state index in [1.807, 2.05) is 6.20 Å². The summed E-state index contributed by atoms with van der Waals surface area (Å²) in [5.74, 6) is 0.149. The van der Waals surface area contributed by atoms with E-state index >= 15 is 0 Å². The first-order valence-corrected chi connectivity index (χ1v) is 8.11. The minimum Gasteiger partial charge on any atom is -0.496 e. The predicted octanol–water partition coefficient (Wildman–Crippen LogP) is 2.59. The Balaban J connectivity index is 1.77. The molecule has 1 fully saturated rings. The Kier molecular flexibility index (Phi) is 4.69. The van der Waals surface area contributed by atoms with Crippen LogP contribution < -0.4 is 4.74 Å². The zero-order chi connectivity index (χ0) is 18.0. The molecule has 1 aliphatic rings. The van der Waals surface area contributed by atoms with Gasteiger partial charge in [0, 0.05) is 37.6 Å². The molecule has 1 aromatic heterocycles. The highest BCUT2D eigenvalue weighted by atomic mass is 16.6. The van der Waals surface area contributed by atoms with Crippen molar-refractivity contribution in [2.45, 2.75) is 25.8 Å². The van der Waals surface area contributed by atoms with Crippen LogP contribution in [0, 0.1) is 17.0 Å². The Labute approximate surface area is 145 Å². The normalized spacial score (nSPS) is 15.2. The number of aromatic nitrogens is 2. The molecular formula is C17H20N4O4. The van der Waals surface area contributed by atoms with Crippen LogP contribution in [0.25, 0.3) is 0 Å². The quantitative estimate of drug-likeness (QED) is 0.628. The number of nitrogens with zero attached hydrogens (tertiary/aromatic N) is 4. The smallest absolute Gasteiger partial charge is 0.276 e. The molecule has 0 atom stereocenters. The van der Waals surface area contributed by atoms with Crippen molar-refractivity contribution in [3.63, 3.8) is 0 Å². The van der Waals surface area contributed by atoms with Gasteiger partial charge in [0.05, 0.1) is 29.5 Å². The minimum absolute atomic E-state index is 0.101. The summed E-state index contributed by atoms with van der Waals surface area (Å²) < 4.78 is 7.25. The number of rotatable bonds is 4. The Morgan fingerprint density at radius 1 is 1.36 bits per heavy atom. The molecule has 25 heavy (non-hydrogen) atoms. The molecule has 0 saturated carbocycles. The molecule has 8 heteroatoms. The van der Waals surface area contributed by atoms with Crippen molar-refractivity contribution < 1.29 is 14.5 Å². The van der Waals surface area contributed by atoms with E-state index in [4.69, 9.17) is 4.74 Å². The second-order valence-corrected chi connectivity index (χ2v) is 6.11. The summed E-state index contributed by atoms with van der Waals surface area (Å²) in [6.07, 6.45) is 7.11. The van der Waals surface area contributed by atoms with Gasteiger partial charge in [0.25, 0.3) is 11.6 Å². The summed E-state index contributed by atoms with van der Waals surface area (Å²) in [7, 11) is 1.44. The molecule has 3 rings (SSSR count). The van der Waals surface area contributed by atoms with Crippen LogP contribution in [0.5, 0.6) is 5.75 Å². The van der Waals surface area contributed by atoms with Crippen molar-refractivity contribution in [2.75, 3.05) is 20.2 Å². The predicted molar refractivity (Wildman–Crippen MR) is 90.8 cm³/mol. The number of nitro benzene ring substituents is 1. The number of carbonyl (C=O) groups excluding carboxylic acids is 1. The number of hydrogen-bond acceptors (Lipinski definition) is 5. The molecule has 0 spiro atoms. The standard InChI is InChI=1S/C17H20N4O4/c1-12-15(21(23)24)9-13(10-16(12)25-2)17(22)19-6-3-14(4-7-19)20-8-5-18-11-20/h5,8-11,14H,3-4,6-7H2,1-2H3. The summed E-state index contributed by atoms with van der Waals surface area (Å²) in [4.78, 5) is 29.3. The first kappa shape index (κ1) is 16.9. The van der Waals surface area contributed by atoms with E-state index in [1.54, 1.807) is 30.4 Å². The van der Waals surface area contributed by atoms with Crippen molar-refractivity contribution in [3.05, 3.63) is 52.1 Å². The lowest BCUT2D eigenvalue weighted by molar-refractivity contribution is -0.385. The zero-order valence-electron chi connectivity index (χ0n) is 14.2. The average molecular weight is 344 g/mol. The third-order valence-corrected chi connectivity index (χ3v) is 4.69. The summed E-state index contributed by atoms with van der Waals surface area (Å²) in [6.45, 7) is 2.82. The van der Waals surface area contributed by atoms with Crippen LogP contribution in [0.1, 0.15) is 34.8 Å². The number of benzene rings is 1. The summed E-state index contributed by atoms with van der Waals surface area (Å²) in [5.41, 5.74) is 0.606. The Morgan fingerprint density at radius 3 is 2.64 bits per heavy atom. The lowest BCUT2D eigenvalue weighted by Crippen LogP contribution is -2.39. The SMILES string of the molecule is COc1cc(C(=O)N2CCC(n3ccnc3)CC2)cc([N+](=O)[O-])c1C. The van der Waals surface area contributed by atoms with Gasteiger partial charge in [0.1, 0.15) is 5.75 Å². The van der Waals surface area contributed by atoms with E-state index in [2.05, 4.69) is 9.55 Å². The van der Waals surface area contributed by atoms with Gasteiger partial charge in [-0.15, -0.1) is 0 Å². The molecule has 8 nitrogen and oxygen atoms in total. The molecule has 1 saturated heterocycles. The van der Waals surface area contributed by atoms with Gasteiger partial charge in [-0.05, 0) is 25.8 Å². The largest absolute Gasteiger partial charge is 0.496 e.